The summed E-state index contributed by atoms with van der Waals surface area (Å²) in [7, 11) is -4.57. The van der Waals surface area contributed by atoms with E-state index < -0.39 is 40.2 Å². The number of nitrogens with zero attached hydrogens (tertiary/aromatic N) is 1. The second-order valence-electron chi connectivity index (χ2n) is 8.88. The number of sulfonamides is 1. The van der Waals surface area contributed by atoms with Crippen molar-refractivity contribution < 1.29 is 36.5 Å². The summed E-state index contributed by atoms with van der Waals surface area (Å²) in [6, 6.07) is 17.5. The maximum Gasteiger partial charge on any atom is 0.407 e. The van der Waals surface area contributed by atoms with Crippen molar-refractivity contribution in [3.63, 3.8) is 0 Å². The van der Waals surface area contributed by atoms with Crippen LogP contribution < -0.4 is 4.31 Å². The Morgan fingerprint density at radius 1 is 0.865 bits per heavy atom. The van der Waals surface area contributed by atoms with Gasteiger partial charge in [0.25, 0.3) is 0 Å². The van der Waals surface area contributed by atoms with Gasteiger partial charge in [0.15, 0.2) is 0 Å². The molecule has 6 nitrogen and oxygen atoms in total. The van der Waals surface area contributed by atoms with Gasteiger partial charge in [0.1, 0.15) is 29.4 Å². The van der Waals surface area contributed by atoms with Crippen LogP contribution in [0.25, 0.3) is 11.1 Å². The van der Waals surface area contributed by atoms with Crippen molar-refractivity contribution in [3.05, 3.63) is 88.9 Å². The van der Waals surface area contributed by atoms with Gasteiger partial charge in [-0.3, -0.25) is 4.31 Å². The molecule has 0 spiro atoms. The van der Waals surface area contributed by atoms with Crippen molar-refractivity contribution in [1.82, 2.24) is 0 Å². The molecule has 0 radical (unpaired) electrons. The fourth-order valence-electron chi connectivity index (χ4n) is 4.90. The molecule has 3 atom stereocenters. The van der Waals surface area contributed by atoms with E-state index in [2.05, 4.69) is 0 Å². The van der Waals surface area contributed by atoms with E-state index in [1.165, 1.54) is 48.5 Å². The normalized spacial score (nSPS) is 21.5. The van der Waals surface area contributed by atoms with Gasteiger partial charge in [-0.15, -0.1) is 0 Å². The molecule has 0 unspecified atom stereocenters. The SMILES string of the molecule is O=S(=O)([C@H]1C[C@H]2O[C@@H]1C(c1ccc(O)cc1)=C2c1ccc(O)cc1)N(CC(F)(F)F)c1ccc(Cl)cc1. The lowest BCUT2D eigenvalue weighted by molar-refractivity contribution is -0.117. The number of alkyl halides is 3. The number of ether oxygens (including phenoxy) is 1. The molecule has 3 aromatic carbocycles. The van der Waals surface area contributed by atoms with E-state index in [1.54, 1.807) is 24.3 Å². The summed E-state index contributed by atoms with van der Waals surface area (Å²) in [5.74, 6) is 0.0497. The van der Waals surface area contributed by atoms with Crippen LogP contribution in [0.5, 0.6) is 11.5 Å². The molecule has 11 heteroatoms. The first-order valence-electron chi connectivity index (χ1n) is 11.3. The van der Waals surface area contributed by atoms with Gasteiger partial charge < -0.3 is 14.9 Å². The third-order valence-electron chi connectivity index (χ3n) is 6.48. The standard InChI is InChI=1S/C26H21ClF3NO5S/c27-17-5-7-18(8-6-17)31(14-26(28,29)30)37(34,35)22-13-21-23(15-1-9-19(32)10-2-15)24(25(22)36-21)16-3-11-20(33)12-4-16/h1-12,21-22,25,32-33H,13-14H2/t21-,22+,25+/m1/s1. The number of phenolic OH excluding ortho intramolecular Hbond substituents is 2. The Morgan fingerprint density at radius 3 is 1.89 bits per heavy atom. The van der Waals surface area contributed by atoms with E-state index in [-0.39, 0.29) is 28.6 Å². The number of phenols is 2. The first-order valence-corrected chi connectivity index (χ1v) is 13.1. The third kappa shape index (κ3) is 4.88. The van der Waals surface area contributed by atoms with Crippen LogP contribution in [0, 0.1) is 0 Å². The van der Waals surface area contributed by atoms with E-state index in [0.29, 0.717) is 26.6 Å². The molecule has 2 heterocycles. The Bertz CT molecular complexity index is 1440. The minimum Gasteiger partial charge on any atom is -0.508 e. The van der Waals surface area contributed by atoms with Gasteiger partial charge in [-0.05, 0) is 77.2 Å². The second-order valence-corrected chi connectivity index (χ2v) is 11.4. The summed E-state index contributed by atoms with van der Waals surface area (Å²) in [5, 5.41) is 18.4. The van der Waals surface area contributed by atoms with Crippen molar-refractivity contribution in [2.75, 3.05) is 10.8 Å². The summed E-state index contributed by atoms with van der Waals surface area (Å²) in [6.07, 6.45) is -6.59. The Balaban J connectivity index is 1.61. The van der Waals surface area contributed by atoms with E-state index in [4.69, 9.17) is 16.3 Å². The lowest BCUT2D eigenvalue weighted by Gasteiger charge is -2.32. The molecule has 3 aromatic rings. The van der Waals surface area contributed by atoms with Crippen LogP contribution in [0.2, 0.25) is 5.02 Å². The van der Waals surface area contributed by atoms with E-state index in [0.717, 1.165) is 0 Å². The van der Waals surface area contributed by atoms with Crippen LogP contribution in [0.4, 0.5) is 18.9 Å². The molecule has 37 heavy (non-hydrogen) atoms. The fourth-order valence-corrected chi connectivity index (χ4v) is 7.03. The fraction of sp³-hybridized carbons (Fsp3) is 0.231. The van der Waals surface area contributed by atoms with Crippen molar-refractivity contribution >= 4 is 38.5 Å². The summed E-state index contributed by atoms with van der Waals surface area (Å²) >= 11 is 5.87. The van der Waals surface area contributed by atoms with Gasteiger partial charge in [-0.2, -0.15) is 13.2 Å². The molecule has 5 rings (SSSR count). The van der Waals surface area contributed by atoms with Crippen LogP contribution >= 0.6 is 11.6 Å². The molecule has 2 bridgehead atoms. The zero-order chi connectivity index (χ0) is 26.5. The highest BCUT2D eigenvalue weighted by Crippen LogP contribution is 2.51. The maximum atomic E-state index is 13.8. The Kier molecular flexibility index (Phi) is 6.37. The molecule has 194 valence electrons. The van der Waals surface area contributed by atoms with Crippen molar-refractivity contribution in [1.29, 1.82) is 0 Å². The van der Waals surface area contributed by atoms with Gasteiger partial charge in [-0.25, -0.2) is 8.42 Å². The lowest BCUT2D eigenvalue weighted by Crippen LogP contribution is -2.47. The largest absolute Gasteiger partial charge is 0.508 e. The van der Waals surface area contributed by atoms with Crippen LogP contribution in [0.1, 0.15) is 17.5 Å². The highest BCUT2D eigenvalue weighted by molar-refractivity contribution is 7.93. The maximum absolute atomic E-state index is 13.8. The predicted octanol–water partition coefficient (Wildman–Crippen LogP) is 5.60. The number of benzene rings is 3. The van der Waals surface area contributed by atoms with Gasteiger partial charge in [0.2, 0.25) is 10.0 Å². The van der Waals surface area contributed by atoms with Crippen molar-refractivity contribution in [2.24, 2.45) is 0 Å². The van der Waals surface area contributed by atoms with Crippen LogP contribution in [-0.2, 0) is 14.8 Å². The molecule has 0 amide bonds. The Morgan fingerprint density at radius 2 is 1.38 bits per heavy atom. The van der Waals surface area contributed by atoms with Crippen LogP contribution in [0.3, 0.4) is 0 Å². The minimum atomic E-state index is -4.79. The van der Waals surface area contributed by atoms with E-state index >= 15 is 0 Å². The molecule has 1 saturated heterocycles. The smallest absolute Gasteiger partial charge is 0.407 e. The summed E-state index contributed by atoms with van der Waals surface area (Å²) < 4.78 is 74.8. The molecule has 2 aliphatic rings. The number of halogens is 4. The molecule has 0 saturated carbocycles. The van der Waals surface area contributed by atoms with E-state index in [9.17, 15) is 31.8 Å². The molecule has 1 fully saturated rings. The third-order valence-corrected chi connectivity index (χ3v) is 8.89. The van der Waals surface area contributed by atoms with E-state index in [1.807, 2.05) is 0 Å². The molecular formula is C26H21ClF3NO5S. The number of aromatic hydroxyl groups is 2. The molecule has 2 aliphatic heterocycles. The minimum absolute atomic E-state index is 0.00266. The van der Waals surface area contributed by atoms with Gasteiger partial charge >= 0.3 is 6.18 Å². The molecule has 0 aliphatic carbocycles. The highest BCUT2D eigenvalue weighted by Gasteiger charge is 2.55. The summed E-state index contributed by atoms with van der Waals surface area (Å²) in [6.45, 7) is -1.70. The first kappa shape index (κ1) is 25.4. The number of anilines is 1. The zero-order valence-corrected chi connectivity index (χ0v) is 20.6. The lowest BCUT2D eigenvalue weighted by atomic mass is 9.83. The number of fused-ring (bicyclic) bond motifs is 2. The quantitative estimate of drug-likeness (QED) is 0.416. The average Bonchev–Trinajstić information content (AvgIpc) is 3.43. The number of hydrogen-bond acceptors (Lipinski definition) is 5. The van der Waals surface area contributed by atoms with Crippen molar-refractivity contribution in [2.45, 2.75) is 30.1 Å². The number of rotatable bonds is 6. The van der Waals surface area contributed by atoms with Crippen LogP contribution in [0.15, 0.2) is 72.8 Å². The molecule has 2 N–H and O–H groups in total. The second kappa shape index (κ2) is 9.27. The Hall–Kier alpha value is -3.21. The van der Waals surface area contributed by atoms with Gasteiger partial charge in [-0.1, -0.05) is 35.9 Å². The predicted molar refractivity (Wildman–Crippen MR) is 134 cm³/mol. The van der Waals surface area contributed by atoms with Gasteiger partial charge in [0.05, 0.1) is 11.8 Å². The molecular weight excluding hydrogens is 531 g/mol. The topological polar surface area (TPSA) is 87.1 Å². The first-order chi connectivity index (χ1) is 17.4. The average molecular weight is 552 g/mol. The van der Waals surface area contributed by atoms with Crippen LogP contribution in [-0.4, -0.2) is 48.8 Å². The zero-order valence-electron chi connectivity index (χ0n) is 19.1. The monoisotopic (exact) mass is 551 g/mol. The van der Waals surface area contributed by atoms with Crippen molar-refractivity contribution in [3.8, 4) is 11.5 Å². The summed E-state index contributed by atoms with van der Waals surface area (Å²) in [5.41, 5.74) is 2.31. The molecule has 0 aromatic heterocycles. The summed E-state index contributed by atoms with van der Waals surface area (Å²) in [4.78, 5) is 0. The number of hydrogen-bond donors (Lipinski definition) is 2. The highest BCUT2D eigenvalue weighted by atomic mass is 35.5. The van der Waals surface area contributed by atoms with Gasteiger partial charge in [0, 0.05) is 5.02 Å². The Labute approximate surface area is 216 Å².